The van der Waals surface area contributed by atoms with E-state index < -0.39 is 5.82 Å². The second-order valence-corrected chi connectivity index (χ2v) is 4.80. The zero-order valence-corrected chi connectivity index (χ0v) is 11.3. The molecule has 102 valence electrons. The number of benzene rings is 1. The number of aromatic nitrogens is 2. The van der Waals surface area contributed by atoms with E-state index in [1.54, 1.807) is 18.4 Å². The predicted octanol–water partition coefficient (Wildman–Crippen LogP) is 4.02. The van der Waals surface area contributed by atoms with E-state index in [0.717, 1.165) is 5.56 Å². The summed E-state index contributed by atoms with van der Waals surface area (Å²) in [5.41, 5.74) is 8.02. The lowest BCUT2D eigenvalue weighted by atomic mass is 10.0. The predicted molar refractivity (Wildman–Crippen MR) is 75.8 cm³/mol. The SMILES string of the molecule is Cc1ccoc1-c1[nH]nc(N)c1-c1cccc(Cl)c1F. The number of hydrogen-bond donors (Lipinski definition) is 2. The summed E-state index contributed by atoms with van der Waals surface area (Å²) < 4.78 is 19.6. The molecule has 0 atom stereocenters. The summed E-state index contributed by atoms with van der Waals surface area (Å²) in [5, 5.41) is 6.76. The highest BCUT2D eigenvalue weighted by Gasteiger charge is 2.21. The van der Waals surface area contributed by atoms with Gasteiger partial charge in [-0.25, -0.2) is 4.39 Å². The number of hydrogen-bond acceptors (Lipinski definition) is 3. The van der Waals surface area contributed by atoms with Gasteiger partial charge in [0, 0.05) is 5.56 Å². The van der Waals surface area contributed by atoms with Crippen molar-refractivity contribution in [3.8, 4) is 22.6 Å². The summed E-state index contributed by atoms with van der Waals surface area (Å²) in [6.07, 6.45) is 1.56. The maximum atomic E-state index is 14.2. The van der Waals surface area contributed by atoms with Gasteiger partial charge in [0.25, 0.3) is 0 Å². The number of aromatic amines is 1. The molecule has 2 heterocycles. The van der Waals surface area contributed by atoms with Crippen LogP contribution in [0.25, 0.3) is 22.6 Å². The van der Waals surface area contributed by atoms with Gasteiger partial charge in [-0.05, 0) is 24.6 Å². The van der Waals surface area contributed by atoms with Crippen molar-refractivity contribution in [3.63, 3.8) is 0 Å². The molecule has 0 amide bonds. The summed E-state index contributed by atoms with van der Waals surface area (Å²) in [6, 6.07) is 6.55. The van der Waals surface area contributed by atoms with Crippen LogP contribution in [0.1, 0.15) is 5.56 Å². The third kappa shape index (κ3) is 1.87. The van der Waals surface area contributed by atoms with Crippen molar-refractivity contribution in [1.82, 2.24) is 10.2 Å². The Bertz CT molecular complexity index is 779. The van der Waals surface area contributed by atoms with Crippen LogP contribution in [0.3, 0.4) is 0 Å². The van der Waals surface area contributed by atoms with E-state index in [2.05, 4.69) is 10.2 Å². The molecule has 0 saturated heterocycles. The lowest BCUT2D eigenvalue weighted by Gasteiger charge is -2.06. The van der Waals surface area contributed by atoms with Crippen LogP contribution in [0.2, 0.25) is 5.02 Å². The normalized spacial score (nSPS) is 10.9. The fourth-order valence-corrected chi connectivity index (χ4v) is 2.29. The second kappa shape index (κ2) is 4.68. The first-order valence-corrected chi connectivity index (χ1v) is 6.30. The number of nitrogens with one attached hydrogen (secondary N) is 1. The van der Waals surface area contributed by atoms with E-state index >= 15 is 0 Å². The molecule has 0 aliphatic carbocycles. The Morgan fingerprint density at radius 2 is 2.15 bits per heavy atom. The summed E-state index contributed by atoms with van der Waals surface area (Å²) in [6.45, 7) is 1.88. The summed E-state index contributed by atoms with van der Waals surface area (Å²) in [7, 11) is 0. The molecule has 4 nitrogen and oxygen atoms in total. The Kier molecular flexibility index (Phi) is 2.99. The summed E-state index contributed by atoms with van der Waals surface area (Å²) >= 11 is 5.82. The van der Waals surface area contributed by atoms with E-state index in [1.165, 1.54) is 6.07 Å². The lowest BCUT2D eigenvalue weighted by molar-refractivity contribution is 0.578. The molecule has 0 aliphatic heterocycles. The zero-order valence-electron chi connectivity index (χ0n) is 10.6. The van der Waals surface area contributed by atoms with Crippen molar-refractivity contribution in [2.45, 2.75) is 6.92 Å². The molecule has 0 fully saturated rings. The van der Waals surface area contributed by atoms with Crippen LogP contribution in [0.15, 0.2) is 34.9 Å². The average molecular weight is 292 g/mol. The summed E-state index contributed by atoms with van der Waals surface area (Å²) in [4.78, 5) is 0. The number of nitrogens with zero attached hydrogens (tertiary/aromatic N) is 1. The van der Waals surface area contributed by atoms with Crippen LogP contribution >= 0.6 is 11.6 Å². The summed E-state index contributed by atoms with van der Waals surface area (Å²) in [5.74, 6) is 0.230. The number of nitrogen functional groups attached to an aromatic ring is 1. The van der Waals surface area contributed by atoms with Crippen LogP contribution in [0.5, 0.6) is 0 Å². The third-order valence-electron chi connectivity index (χ3n) is 3.10. The van der Waals surface area contributed by atoms with Gasteiger partial charge in [0.1, 0.15) is 11.5 Å². The Hall–Kier alpha value is -2.27. The van der Waals surface area contributed by atoms with Crippen molar-refractivity contribution in [3.05, 3.63) is 46.9 Å². The van der Waals surface area contributed by atoms with Gasteiger partial charge in [-0.15, -0.1) is 0 Å². The van der Waals surface area contributed by atoms with Gasteiger partial charge in [-0.3, -0.25) is 5.10 Å². The molecule has 0 spiro atoms. The molecule has 3 rings (SSSR count). The fourth-order valence-electron chi connectivity index (χ4n) is 2.12. The average Bonchev–Trinajstić information content (AvgIpc) is 2.99. The van der Waals surface area contributed by atoms with E-state index in [4.69, 9.17) is 21.8 Å². The minimum atomic E-state index is -0.535. The molecule has 0 saturated carbocycles. The van der Waals surface area contributed by atoms with Gasteiger partial charge < -0.3 is 10.2 Å². The molecule has 2 aromatic heterocycles. The molecule has 0 aliphatic rings. The van der Waals surface area contributed by atoms with Crippen molar-refractivity contribution in [1.29, 1.82) is 0 Å². The molecule has 0 radical (unpaired) electrons. The van der Waals surface area contributed by atoms with Crippen LogP contribution in [-0.2, 0) is 0 Å². The minimum Gasteiger partial charge on any atom is -0.462 e. The Labute approximate surface area is 119 Å². The molecule has 20 heavy (non-hydrogen) atoms. The number of anilines is 1. The second-order valence-electron chi connectivity index (χ2n) is 4.39. The number of nitrogens with two attached hydrogens (primary N) is 1. The molecule has 1 aromatic carbocycles. The van der Waals surface area contributed by atoms with Crippen molar-refractivity contribution in [2.75, 3.05) is 5.73 Å². The molecule has 0 unspecified atom stereocenters. The van der Waals surface area contributed by atoms with Gasteiger partial charge in [-0.1, -0.05) is 23.7 Å². The van der Waals surface area contributed by atoms with Crippen molar-refractivity contribution < 1.29 is 8.81 Å². The van der Waals surface area contributed by atoms with Crippen LogP contribution < -0.4 is 5.73 Å². The molecule has 3 aromatic rings. The maximum absolute atomic E-state index is 14.2. The van der Waals surface area contributed by atoms with Crippen LogP contribution in [0, 0.1) is 12.7 Å². The van der Waals surface area contributed by atoms with Crippen molar-refractivity contribution >= 4 is 17.4 Å². The first-order chi connectivity index (χ1) is 9.59. The molecule has 6 heteroatoms. The lowest BCUT2D eigenvalue weighted by Crippen LogP contribution is -1.92. The van der Waals surface area contributed by atoms with Crippen LogP contribution in [-0.4, -0.2) is 10.2 Å². The smallest absolute Gasteiger partial charge is 0.155 e. The van der Waals surface area contributed by atoms with E-state index in [9.17, 15) is 4.39 Å². The van der Waals surface area contributed by atoms with Gasteiger partial charge in [-0.2, -0.15) is 5.10 Å². The quantitative estimate of drug-likeness (QED) is 0.749. The Morgan fingerprint density at radius 3 is 2.85 bits per heavy atom. The van der Waals surface area contributed by atoms with E-state index in [-0.39, 0.29) is 16.4 Å². The van der Waals surface area contributed by atoms with Gasteiger partial charge in [0.15, 0.2) is 11.6 Å². The molecular formula is C14H11ClFN3O. The third-order valence-corrected chi connectivity index (χ3v) is 3.40. The Balaban J connectivity index is 2.27. The zero-order chi connectivity index (χ0) is 14.3. The highest BCUT2D eigenvalue weighted by Crippen LogP contribution is 2.38. The van der Waals surface area contributed by atoms with E-state index in [0.29, 0.717) is 17.0 Å². The highest BCUT2D eigenvalue weighted by molar-refractivity contribution is 6.31. The number of furan rings is 1. The number of H-pyrrole nitrogens is 1. The number of aryl methyl sites for hydroxylation is 1. The van der Waals surface area contributed by atoms with Gasteiger partial charge in [0.05, 0.1) is 16.8 Å². The molecule has 3 N–H and O–H groups in total. The van der Waals surface area contributed by atoms with Gasteiger partial charge >= 0.3 is 0 Å². The first kappa shape index (κ1) is 12.7. The minimum absolute atomic E-state index is 0.0326. The number of halogens is 2. The van der Waals surface area contributed by atoms with Gasteiger partial charge in [0.2, 0.25) is 0 Å². The monoisotopic (exact) mass is 291 g/mol. The molecular weight excluding hydrogens is 281 g/mol. The standard InChI is InChI=1S/C14H11ClFN3O/c1-7-5-6-20-13(7)12-10(14(17)19-18-12)8-3-2-4-9(15)11(8)16/h2-6H,1H3,(H3,17,18,19). The highest BCUT2D eigenvalue weighted by atomic mass is 35.5. The Morgan fingerprint density at radius 1 is 1.35 bits per heavy atom. The topological polar surface area (TPSA) is 67.8 Å². The largest absolute Gasteiger partial charge is 0.462 e. The van der Waals surface area contributed by atoms with Crippen molar-refractivity contribution in [2.24, 2.45) is 0 Å². The maximum Gasteiger partial charge on any atom is 0.155 e. The first-order valence-electron chi connectivity index (χ1n) is 5.92. The fraction of sp³-hybridized carbons (Fsp3) is 0.0714. The van der Waals surface area contributed by atoms with Crippen LogP contribution in [0.4, 0.5) is 10.2 Å². The number of rotatable bonds is 2. The van der Waals surface area contributed by atoms with E-state index in [1.807, 2.05) is 13.0 Å². The molecule has 0 bridgehead atoms.